The van der Waals surface area contributed by atoms with Crippen LogP contribution in [-0.4, -0.2) is 11.9 Å². The first-order valence-electron chi connectivity index (χ1n) is 5.69. The first kappa shape index (κ1) is 14.6. The van der Waals surface area contributed by atoms with Crippen molar-refractivity contribution in [1.29, 1.82) is 0 Å². The Labute approximate surface area is 105 Å². The van der Waals surface area contributed by atoms with E-state index in [2.05, 4.69) is 5.32 Å². The summed E-state index contributed by atoms with van der Waals surface area (Å²) in [6, 6.07) is 3.33. The molecule has 0 fully saturated rings. The van der Waals surface area contributed by atoms with Crippen molar-refractivity contribution in [3.8, 4) is 0 Å². The second-order valence-corrected chi connectivity index (χ2v) is 5.30. The summed E-state index contributed by atoms with van der Waals surface area (Å²) >= 11 is 0. The molecule has 0 saturated carbocycles. The zero-order valence-electron chi connectivity index (χ0n) is 10.8. The first-order valence-corrected chi connectivity index (χ1v) is 5.69. The molecule has 1 rings (SSSR count). The Morgan fingerprint density at radius 3 is 2.50 bits per heavy atom. The number of benzene rings is 1. The zero-order valence-corrected chi connectivity index (χ0v) is 10.8. The molecule has 1 atom stereocenters. The summed E-state index contributed by atoms with van der Waals surface area (Å²) in [5.41, 5.74) is 5.06. The van der Waals surface area contributed by atoms with E-state index in [0.29, 0.717) is 0 Å². The first-order chi connectivity index (χ1) is 8.23. The van der Waals surface area contributed by atoms with Gasteiger partial charge in [0, 0.05) is 12.1 Å². The summed E-state index contributed by atoms with van der Waals surface area (Å²) in [4.78, 5) is 11.3. The van der Waals surface area contributed by atoms with E-state index in [0.717, 1.165) is 6.07 Å². The molecule has 0 heterocycles. The van der Waals surface area contributed by atoms with Gasteiger partial charge in [0.2, 0.25) is 5.91 Å². The van der Waals surface area contributed by atoms with Crippen molar-refractivity contribution in [1.82, 2.24) is 5.32 Å². The molecular formula is C13H18F2N2O. The minimum absolute atomic E-state index is 0.0501. The summed E-state index contributed by atoms with van der Waals surface area (Å²) in [6.45, 7) is 5.58. The average molecular weight is 256 g/mol. The Kier molecular flexibility index (Phi) is 4.40. The van der Waals surface area contributed by atoms with Gasteiger partial charge >= 0.3 is 0 Å². The molecule has 0 spiro atoms. The molecule has 18 heavy (non-hydrogen) atoms. The highest BCUT2D eigenvalue weighted by molar-refractivity contribution is 5.80. The summed E-state index contributed by atoms with van der Waals surface area (Å²) in [5, 5.41) is 2.86. The fourth-order valence-electron chi connectivity index (χ4n) is 1.73. The van der Waals surface area contributed by atoms with Gasteiger partial charge < -0.3 is 11.1 Å². The van der Waals surface area contributed by atoms with Gasteiger partial charge in [0.1, 0.15) is 0 Å². The van der Waals surface area contributed by atoms with Crippen LogP contribution in [0.2, 0.25) is 0 Å². The highest BCUT2D eigenvalue weighted by Crippen LogP contribution is 2.20. The molecule has 1 amide bonds. The third-order valence-electron chi connectivity index (χ3n) is 2.68. The summed E-state index contributed by atoms with van der Waals surface area (Å²) in [5.74, 6) is -2.32. The highest BCUT2D eigenvalue weighted by atomic mass is 19.2. The molecule has 3 nitrogen and oxygen atoms in total. The Hall–Kier alpha value is -1.49. The van der Waals surface area contributed by atoms with Gasteiger partial charge in [-0.25, -0.2) is 8.78 Å². The van der Waals surface area contributed by atoms with E-state index in [1.54, 1.807) is 0 Å². The van der Waals surface area contributed by atoms with Crippen LogP contribution in [0.15, 0.2) is 18.2 Å². The highest BCUT2D eigenvalue weighted by Gasteiger charge is 2.29. The maximum atomic E-state index is 13.4. The number of primary amides is 1. The van der Waals surface area contributed by atoms with Crippen LogP contribution in [0, 0.1) is 17.0 Å². The molecule has 0 aromatic heterocycles. The number of nitrogens with one attached hydrogen (secondary N) is 1. The van der Waals surface area contributed by atoms with Crippen LogP contribution >= 0.6 is 0 Å². The van der Waals surface area contributed by atoms with Gasteiger partial charge in [-0.2, -0.15) is 0 Å². The van der Waals surface area contributed by atoms with Crippen LogP contribution in [0.5, 0.6) is 0 Å². The monoisotopic (exact) mass is 256 g/mol. The molecule has 3 N–H and O–H groups in total. The third-order valence-corrected chi connectivity index (χ3v) is 2.68. The minimum Gasteiger partial charge on any atom is -0.368 e. The fraction of sp³-hybridized carbons (Fsp3) is 0.462. The Bertz CT molecular complexity index is 441. The molecule has 0 bridgehead atoms. The normalized spacial score (nSPS) is 13.4. The number of amides is 1. The predicted octanol–water partition coefficient (Wildman–Crippen LogP) is 1.95. The third kappa shape index (κ3) is 3.50. The number of carbonyl (C=O) groups is 1. The van der Waals surface area contributed by atoms with E-state index >= 15 is 0 Å². The van der Waals surface area contributed by atoms with Crippen molar-refractivity contribution >= 4 is 5.91 Å². The van der Waals surface area contributed by atoms with Crippen LogP contribution in [0.1, 0.15) is 26.3 Å². The van der Waals surface area contributed by atoms with Crippen LogP contribution in [0.3, 0.4) is 0 Å². The molecule has 0 aliphatic rings. The smallest absolute Gasteiger partial charge is 0.235 e. The maximum Gasteiger partial charge on any atom is 0.235 e. The minimum atomic E-state index is -0.902. The van der Waals surface area contributed by atoms with E-state index in [1.807, 2.05) is 20.8 Å². The molecule has 1 aromatic carbocycles. The quantitative estimate of drug-likeness (QED) is 0.865. The molecule has 100 valence electrons. The van der Waals surface area contributed by atoms with Crippen molar-refractivity contribution in [2.75, 3.05) is 0 Å². The SMILES string of the molecule is CC(C)(C)[C@H](NCc1cccc(F)c1F)C(N)=O. The number of hydrogen-bond donors (Lipinski definition) is 2. The van der Waals surface area contributed by atoms with E-state index in [-0.39, 0.29) is 12.1 Å². The summed E-state index contributed by atoms with van der Waals surface area (Å²) < 4.78 is 26.4. The van der Waals surface area contributed by atoms with Crippen molar-refractivity contribution in [3.63, 3.8) is 0 Å². The van der Waals surface area contributed by atoms with E-state index in [1.165, 1.54) is 12.1 Å². The van der Waals surface area contributed by atoms with Crippen molar-refractivity contribution in [2.24, 2.45) is 11.1 Å². The molecule has 1 aromatic rings. The van der Waals surface area contributed by atoms with Gasteiger partial charge in [-0.3, -0.25) is 4.79 Å². The number of rotatable bonds is 4. The molecule has 5 heteroatoms. The van der Waals surface area contributed by atoms with E-state index in [9.17, 15) is 13.6 Å². The van der Waals surface area contributed by atoms with Gasteiger partial charge in [-0.05, 0) is 11.5 Å². The average Bonchev–Trinajstić information content (AvgIpc) is 2.22. The maximum absolute atomic E-state index is 13.4. The van der Waals surface area contributed by atoms with Crippen LogP contribution in [-0.2, 0) is 11.3 Å². The molecule has 0 aliphatic carbocycles. The molecular weight excluding hydrogens is 238 g/mol. The molecule has 0 aliphatic heterocycles. The lowest BCUT2D eigenvalue weighted by Crippen LogP contribution is -2.49. The number of halogens is 2. The van der Waals surface area contributed by atoms with Crippen LogP contribution < -0.4 is 11.1 Å². The number of carbonyl (C=O) groups excluding carboxylic acids is 1. The lowest BCUT2D eigenvalue weighted by molar-refractivity contribution is -0.122. The van der Waals surface area contributed by atoms with Gasteiger partial charge in [0.15, 0.2) is 11.6 Å². The standard InChI is InChI=1S/C13H18F2N2O/c1-13(2,3)11(12(16)18)17-7-8-5-4-6-9(14)10(8)15/h4-6,11,17H,7H2,1-3H3,(H2,16,18)/t11-/m1/s1. The Balaban J connectivity index is 2.80. The summed E-state index contributed by atoms with van der Waals surface area (Å²) in [6.07, 6.45) is 0. The van der Waals surface area contributed by atoms with Gasteiger partial charge in [0.25, 0.3) is 0 Å². The molecule has 0 unspecified atom stereocenters. The Morgan fingerprint density at radius 2 is 2.00 bits per heavy atom. The predicted molar refractivity (Wildman–Crippen MR) is 65.6 cm³/mol. The fourth-order valence-corrected chi connectivity index (χ4v) is 1.73. The van der Waals surface area contributed by atoms with Gasteiger partial charge in [0.05, 0.1) is 6.04 Å². The molecule has 0 radical (unpaired) electrons. The van der Waals surface area contributed by atoms with Gasteiger partial charge in [-0.1, -0.05) is 32.9 Å². The largest absolute Gasteiger partial charge is 0.368 e. The van der Waals surface area contributed by atoms with Crippen molar-refractivity contribution < 1.29 is 13.6 Å². The topological polar surface area (TPSA) is 55.1 Å². The van der Waals surface area contributed by atoms with Crippen molar-refractivity contribution in [2.45, 2.75) is 33.4 Å². The van der Waals surface area contributed by atoms with E-state index in [4.69, 9.17) is 5.73 Å². The van der Waals surface area contributed by atoms with Gasteiger partial charge in [-0.15, -0.1) is 0 Å². The second-order valence-electron chi connectivity index (χ2n) is 5.30. The van der Waals surface area contributed by atoms with E-state index < -0.39 is 29.0 Å². The second kappa shape index (κ2) is 5.44. The molecule has 0 saturated heterocycles. The number of nitrogens with two attached hydrogens (primary N) is 1. The van der Waals surface area contributed by atoms with Crippen molar-refractivity contribution in [3.05, 3.63) is 35.4 Å². The van der Waals surface area contributed by atoms with Crippen LogP contribution in [0.4, 0.5) is 8.78 Å². The Morgan fingerprint density at radius 1 is 1.39 bits per heavy atom. The summed E-state index contributed by atoms with van der Waals surface area (Å²) in [7, 11) is 0. The lowest BCUT2D eigenvalue weighted by atomic mass is 9.86. The zero-order chi connectivity index (χ0) is 13.9. The van der Waals surface area contributed by atoms with Crippen LogP contribution in [0.25, 0.3) is 0 Å². The number of hydrogen-bond acceptors (Lipinski definition) is 2. The lowest BCUT2D eigenvalue weighted by Gasteiger charge is -2.29.